The highest BCUT2D eigenvalue weighted by molar-refractivity contribution is 9.10. The summed E-state index contributed by atoms with van der Waals surface area (Å²) in [6.07, 6.45) is 4.61. The molecule has 10 heteroatoms. The molecule has 0 aliphatic heterocycles. The Morgan fingerprint density at radius 1 is 1.26 bits per heavy atom. The zero-order valence-electron chi connectivity index (χ0n) is 16.4. The predicted molar refractivity (Wildman–Crippen MR) is 127 cm³/mol. The van der Waals surface area contributed by atoms with Gasteiger partial charge < -0.3 is 0 Å². The van der Waals surface area contributed by atoms with Gasteiger partial charge in [0.15, 0.2) is 5.16 Å². The third kappa shape index (κ3) is 4.60. The van der Waals surface area contributed by atoms with Gasteiger partial charge >= 0.3 is 0 Å². The number of fused-ring (bicyclic) bond motifs is 3. The van der Waals surface area contributed by atoms with E-state index in [1.54, 1.807) is 46.2 Å². The van der Waals surface area contributed by atoms with Crippen molar-refractivity contribution in [1.29, 1.82) is 0 Å². The normalized spacial score (nSPS) is 12.5. The number of thioether (sulfide) groups is 1. The van der Waals surface area contributed by atoms with Crippen LogP contribution in [0.2, 0.25) is 0 Å². The fourth-order valence-electron chi connectivity index (χ4n) is 3.42. The van der Waals surface area contributed by atoms with Crippen LogP contribution >= 0.6 is 39.0 Å². The van der Waals surface area contributed by atoms with E-state index in [-0.39, 0.29) is 11.3 Å². The number of allylic oxidation sites excluding steroid dienone is 1. The van der Waals surface area contributed by atoms with E-state index >= 15 is 0 Å². The maximum absolute atomic E-state index is 13.1. The van der Waals surface area contributed by atoms with E-state index in [0.29, 0.717) is 22.7 Å². The fourth-order valence-corrected chi connectivity index (χ4v) is 5.80. The molecule has 3 aromatic rings. The highest BCUT2D eigenvalue weighted by Crippen LogP contribution is 2.35. The highest BCUT2D eigenvalue weighted by atomic mass is 79.9. The topological polar surface area (TPSA) is 93.1 Å². The van der Waals surface area contributed by atoms with Crippen LogP contribution in [0.15, 0.2) is 51.3 Å². The molecule has 1 aliphatic rings. The van der Waals surface area contributed by atoms with Gasteiger partial charge in [0.05, 0.1) is 11.1 Å². The number of amides is 2. The largest absolute Gasteiger partial charge is 0.283 e. The van der Waals surface area contributed by atoms with E-state index in [9.17, 15) is 14.4 Å². The van der Waals surface area contributed by atoms with Gasteiger partial charge in [0.1, 0.15) is 4.83 Å². The molecule has 0 unspecified atom stereocenters. The molecule has 7 nitrogen and oxygen atoms in total. The maximum Gasteiger partial charge on any atom is 0.269 e. The SMILES string of the molecule is C=CCn1c(SCC(=O)NNC(=O)c2ccc(Br)cc2)nc2sc3c(c2c1=O)CCC3. The van der Waals surface area contributed by atoms with Crippen LogP contribution in [0, 0.1) is 0 Å². The van der Waals surface area contributed by atoms with Gasteiger partial charge in [-0.25, -0.2) is 4.98 Å². The lowest BCUT2D eigenvalue weighted by molar-refractivity contribution is -0.119. The monoisotopic (exact) mass is 518 g/mol. The number of carbonyl (C=O) groups excluding carboxylic acids is 2. The van der Waals surface area contributed by atoms with Crippen LogP contribution in [0.3, 0.4) is 0 Å². The van der Waals surface area contributed by atoms with Crippen molar-refractivity contribution in [2.45, 2.75) is 31.0 Å². The molecule has 0 bridgehead atoms. The van der Waals surface area contributed by atoms with Crippen LogP contribution in [0.25, 0.3) is 10.2 Å². The number of hydrazine groups is 1. The zero-order chi connectivity index (χ0) is 22.0. The highest BCUT2D eigenvalue weighted by Gasteiger charge is 2.23. The van der Waals surface area contributed by atoms with Gasteiger partial charge in [0.25, 0.3) is 11.5 Å². The Labute approximate surface area is 195 Å². The Morgan fingerprint density at radius 2 is 2.03 bits per heavy atom. The molecule has 2 amide bonds. The van der Waals surface area contributed by atoms with Gasteiger partial charge in [0.2, 0.25) is 5.91 Å². The standard InChI is InChI=1S/C21H19BrN4O3S2/c1-2-10-26-20(29)17-14-4-3-5-15(14)31-19(17)23-21(26)30-11-16(27)24-25-18(28)12-6-8-13(22)9-7-12/h2,6-9H,1,3-5,10-11H2,(H,24,27)(H,25,28). The van der Waals surface area contributed by atoms with Crippen molar-refractivity contribution >= 4 is 61.1 Å². The Hall–Kier alpha value is -2.43. The first-order valence-corrected chi connectivity index (χ1v) is 12.2. The first kappa shape index (κ1) is 21.8. The minimum Gasteiger partial charge on any atom is -0.283 e. The van der Waals surface area contributed by atoms with Crippen LogP contribution in [0.5, 0.6) is 0 Å². The lowest BCUT2D eigenvalue weighted by atomic mass is 10.2. The van der Waals surface area contributed by atoms with E-state index in [0.717, 1.165) is 45.9 Å². The van der Waals surface area contributed by atoms with Gasteiger partial charge in [-0.2, -0.15) is 0 Å². The molecule has 0 saturated heterocycles. The Bertz CT molecular complexity index is 1230. The molecule has 0 radical (unpaired) electrons. The summed E-state index contributed by atoms with van der Waals surface area (Å²) < 4.78 is 2.41. The van der Waals surface area contributed by atoms with E-state index in [4.69, 9.17) is 0 Å². The minimum absolute atomic E-state index is 0.000791. The number of aromatic nitrogens is 2. The van der Waals surface area contributed by atoms with Crippen molar-refractivity contribution in [2.75, 3.05) is 5.75 Å². The molecule has 2 aromatic heterocycles. The number of hydrogen-bond acceptors (Lipinski definition) is 6. The van der Waals surface area contributed by atoms with Gasteiger partial charge in [-0.3, -0.25) is 29.8 Å². The molecule has 2 N–H and O–H groups in total. The predicted octanol–water partition coefficient (Wildman–Crippen LogP) is 3.45. The molecular weight excluding hydrogens is 500 g/mol. The second-order valence-corrected chi connectivity index (χ2v) is 9.88. The van der Waals surface area contributed by atoms with Crippen LogP contribution in [-0.2, 0) is 24.2 Å². The van der Waals surface area contributed by atoms with Crippen molar-refractivity contribution < 1.29 is 9.59 Å². The van der Waals surface area contributed by atoms with E-state index in [1.807, 2.05) is 0 Å². The molecule has 1 aromatic carbocycles. The van der Waals surface area contributed by atoms with Gasteiger partial charge in [-0.1, -0.05) is 33.8 Å². The minimum atomic E-state index is -0.415. The van der Waals surface area contributed by atoms with Gasteiger partial charge in [-0.15, -0.1) is 17.9 Å². The first-order valence-electron chi connectivity index (χ1n) is 9.61. The number of rotatable bonds is 6. The summed E-state index contributed by atoms with van der Waals surface area (Å²) in [5, 5.41) is 1.17. The number of halogens is 1. The average Bonchev–Trinajstić information content (AvgIpc) is 3.34. The van der Waals surface area contributed by atoms with Gasteiger partial charge in [0, 0.05) is 21.5 Å². The van der Waals surface area contributed by atoms with E-state index in [2.05, 4.69) is 38.3 Å². The zero-order valence-corrected chi connectivity index (χ0v) is 19.7. The summed E-state index contributed by atoms with van der Waals surface area (Å²) in [7, 11) is 0. The molecule has 1 aliphatic carbocycles. The number of nitrogens with zero attached hydrogens (tertiary/aromatic N) is 2. The fraction of sp³-hybridized carbons (Fsp3) is 0.238. The van der Waals surface area contributed by atoms with Crippen LogP contribution in [-0.4, -0.2) is 27.1 Å². The second kappa shape index (κ2) is 9.37. The van der Waals surface area contributed by atoms with Crippen LogP contribution in [0.1, 0.15) is 27.2 Å². The molecule has 4 rings (SSSR count). The maximum atomic E-state index is 13.1. The van der Waals surface area contributed by atoms with E-state index < -0.39 is 11.8 Å². The lowest BCUT2D eigenvalue weighted by Gasteiger charge is -2.11. The summed E-state index contributed by atoms with van der Waals surface area (Å²) in [6.45, 7) is 4.05. The third-order valence-electron chi connectivity index (χ3n) is 4.86. The second-order valence-electron chi connectivity index (χ2n) is 6.93. The van der Waals surface area contributed by atoms with Crippen LogP contribution in [0.4, 0.5) is 0 Å². The number of thiophene rings is 1. The quantitative estimate of drug-likeness (QED) is 0.225. The van der Waals surface area contributed by atoms with E-state index in [1.165, 1.54) is 4.88 Å². The molecular formula is C21H19BrN4O3S2. The Kier molecular flexibility index (Phi) is 6.59. The average molecular weight is 519 g/mol. The van der Waals surface area contributed by atoms with Crippen LogP contribution < -0.4 is 16.4 Å². The summed E-state index contributed by atoms with van der Waals surface area (Å²) in [5.41, 5.74) is 6.25. The number of benzene rings is 1. The van der Waals surface area contributed by atoms with Crippen molar-refractivity contribution in [3.05, 3.63) is 67.8 Å². The Balaban J connectivity index is 1.45. The van der Waals surface area contributed by atoms with Gasteiger partial charge in [-0.05, 0) is 49.1 Å². The number of hydrogen-bond donors (Lipinski definition) is 2. The first-order chi connectivity index (χ1) is 15.0. The molecule has 0 spiro atoms. The molecule has 0 saturated carbocycles. The van der Waals surface area contributed by atoms with Crippen molar-refractivity contribution in [3.63, 3.8) is 0 Å². The molecule has 2 heterocycles. The lowest BCUT2D eigenvalue weighted by Crippen LogP contribution is -2.42. The summed E-state index contributed by atoms with van der Waals surface area (Å²) in [6, 6.07) is 6.78. The molecule has 0 atom stereocenters. The summed E-state index contributed by atoms with van der Waals surface area (Å²) in [5.74, 6) is -0.813. The summed E-state index contributed by atoms with van der Waals surface area (Å²) >= 11 is 6.03. The summed E-state index contributed by atoms with van der Waals surface area (Å²) in [4.78, 5) is 44.1. The van der Waals surface area contributed by atoms with Crippen molar-refractivity contribution in [2.24, 2.45) is 0 Å². The van der Waals surface area contributed by atoms with Crippen molar-refractivity contribution in [3.8, 4) is 0 Å². The number of nitrogens with one attached hydrogen (secondary N) is 2. The molecule has 0 fully saturated rings. The molecule has 31 heavy (non-hydrogen) atoms. The third-order valence-corrected chi connectivity index (χ3v) is 7.55. The Morgan fingerprint density at radius 3 is 2.77 bits per heavy atom. The van der Waals surface area contributed by atoms with Crippen molar-refractivity contribution in [1.82, 2.24) is 20.4 Å². The molecule has 160 valence electrons. The smallest absolute Gasteiger partial charge is 0.269 e. The number of aryl methyl sites for hydroxylation is 2. The number of carbonyl (C=O) groups is 2.